The van der Waals surface area contributed by atoms with Crippen molar-refractivity contribution in [2.24, 2.45) is 0 Å². The number of nitrogens with one attached hydrogen (secondary N) is 1. The van der Waals surface area contributed by atoms with E-state index in [4.69, 9.17) is 4.42 Å². The van der Waals surface area contributed by atoms with Crippen LogP contribution in [-0.4, -0.2) is 20.1 Å². The summed E-state index contributed by atoms with van der Waals surface area (Å²) in [6, 6.07) is 16.6. The van der Waals surface area contributed by atoms with Crippen LogP contribution in [0.25, 0.3) is 17.0 Å². The fourth-order valence-electron chi connectivity index (χ4n) is 2.47. The first-order valence-corrected chi connectivity index (χ1v) is 9.76. The highest BCUT2D eigenvalue weighted by molar-refractivity contribution is 7.92. The van der Waals surface area contributed by atoms with Crippen LogP contribution in [0.15, 0.2) is 64.4 Å². The molecule has 136 valence electrons. The minimum Gasteiger partial charge on any atom is -0.458 e. The van der Waals surface area contributed by atoms with Gasteiger partial charge in [-0.25, -0.2) is 13.1 Å². The van der Waals surface area contributed by atoms with Gasteiger partial charge in [-0.2, -0.15) is 0 Å². The third kappa shape index (κ3) is 4.40. The largest absolute Gasteiger partial charge is 0.458 e. The molecule has 3 aromatic rings. The normalized spacial score (nSPS) is 14.7. The van der Waals surface area contributed by atoms with Gasteiger partial charge in [0.1, 0.15) is 16.9 Å². The van der Waals surface area contributed by atoms with Crippen LogP contribution in [0, 0.1) is 6.92 Å². The first kappa shape index (κ1) is 18.4. The molecule has 26 heavy (non-hydrogen) atoms. The van der Waals surface area contributed by atoms with E-state index in [-0.39, 0.29) is 6.54 Å². The second-order valence-corrected chi connectivity index (χ2v) is 8.15. The molecule has 0 aliphatic carbocycles. The number of benzene rings is 2. The molecule has 0 bridgehead atoms. The molecule has 0 saturated carbocycles. The number of fused-ring (bicyclic) bond motifs is 1. The lowest BCUT2D eigenvalue weighted by molar-refractivity contribution is 0.0412. The summed E-state index contributed by atoms with van der Waals surface area (Å²) in [7, 11) is -3.69. The van der Waals surface area contributed by atoms with E-state index in [1.54, 1.807) is 12.1 Å². The van der Waals surface area contributed by atoms with Gasteiger partial charge >= 0.3 is 0 Å². The Kier molecular flexibility index (Phi) is 5.00. The lowest BCUT2D eigenvalue weighted by atomic mass is 10.0. The van der Waals surface area contributed by atoms with Gasteiger partial charge in [0.25, 0.3) is 0 Å². The van der Waals surface area contributed by atoms with Crippen molar-refractivity contribution < 1.29 is 17.9 Å². The third-order valence-electron chi connectivity index (χ3n) is 4.09. The number of aliphatic hydroxyl groups is 1. The highest BCUT2D eigenvalue weighted by Gasteiger charge is 2.28. The van der Waals surface area contributed by atoms with Crippen molar-refractivity contribution in [3.05, 3.63) is 76.9 Å². The Hall–Kier alpha value is -2.41. The highest BCUT2D eigenvalue weighted by Crippen LogP contribution is 2.27. The molecule has 1 atom stereocenters. The van der Waals surface area contributed by atoms with Crippen molar-refractivity contribution in [3.63, 3.8) is 0 Å². The van der Waals surface area contributed by atoms with Gasteiger partial charge in [0.05, 0.1) is 0 Å². The van der Waals surface area contributed by atoms with E-state index in [2.05, 4.69) is 4.72 Å². The molecule has 0 aliphatic heterocycles. The summed E-state index contributed by atoms with van der Waals surface area (Å²) in [4.78, 5) is 0. The van der Waals surface area contributed by atoms with Gasteiger partial charge in [-0.1, -0.05) is 48.0 Å². The molecule has 0 amide bonds. The number of aryl methyl sites for hydroxylation is 1. The van der Waals surface area contributed by atoms with Gasteiger partial charge < -0.3 is 9.52 Å². The molecule has 2 aromatic carbocycles. The van der Waals surface area contributed by atoms with Crippen LogP contribution in [0.3, 0.4) is 0 Å². The van der Waals surface area contributed by atoms with E-state index in [0.717, 1.165) is 21.9 Å². The van der Waals surface area contributed by atoms with Crippen molar-refractivity contribution in [1.82, 2.24) is 4.72 Å². The molecule has 1 heterocycles. The lowest BCUT2D eigenvalue weighted by Gasteiger charge is -2.20. The number of furan rings is 1. The molecule has 5 nitrogen and oxygen atoms in total. The van der Waals surface area contributed by atoms with Crippen LogP contribution >= 0.6 is 0 Å². The summed E-state index contributed by atoms with van der Waals surface area (Å²) in [5, 5.41) is 12.6. The molecule has 6 heteroatoms. The Morgan fingerprint density at radius 3 is 2.54 bits per heavy atom. The molecular formula is C20H21NO4S. The predicted octanol–water partition coefficient (Wildman–Crippen LogP) is 3.54. The molecular weight excluding hydrogens is 350 g/mol. The van der Waals surface area contributed by atoms with Gasteiger partial charge in [0.15, 0.2) is 0 Å². The van der Waals surface area contributed by atoms with Crippen LogP contribution in [-0.2, 0) is 15.6 Å². The molecule has 3 rings (SSSR count). The topological polar surface area (TPSA) is 79.5 Å². The SMILES string of the molecule is Cc1ccc(/C=C/S(=O)(=O)NC[C@@](C)(O)c2cc3ccccc3o2)cc1. The number of rotatable bonds is 6. The number of hydrogen-bond donors (Lipinski definition) is 2. The second kappa shape index (κ2) is 7.07. The average molecular weight is 371 g/mol. The fourth-order valence-corrected chi connectivity index (χ4v) is 3.38. The molecule has 0 aliphatic rings. The maximum atomic E-state index is 12.2. The van der Waals surface area contributed by atoms with Crippen molar-refractivity contribution in [3.8, 4) is 0 Å². The van der Waals surface area contributed by atoms with Crippen molar-refractivity contribution in [2.45, 2.75) is 19.4 Å². The Bertz CT molecular complexity index is 998. The van der Waals surface area contributed by atoms with E-state index in [0.29, 0.717) is 11.3 Å². The molecule has 0 fully saturated rings. The minimum absolute atomic E-state index is 0.201. The summed E-state index contributed by atoms with van der Waals surface area (Å²) >= 11 is 0. The van der Waals surface area contributed by atoms with Crippen LogP contribution in [0.1, 0.15) is 23.8 Å². The van der Waals surface area contributed by atoms with Gasteiger partial charge in [-0.3, -0.25) is 0 Å². The zero-order chi connectivity index (χ0) is 18.8. The first-order valence-electron chi connectivity index (χ1n) is 8.21. The summed E-state index contributed by atoms with van der Waals surface area (Å²) in [5.74, 6) is 0.309. The molecule has 2 N–H and O–H groups in total. The van der Waals surface area contributed by atoms with Crippen molar-refractivity contribution in [2.75, 3.05) is 6.54 Å². The summed E-state index contributed by atoms with van der Waals surface area (Å²) in [5.41, 5.74) is 1.06. The Labute approximate surface area is 153 Å². The quantitative estimate of drug-likeness (QED) is 0.695. The summed E-state index contributed by atoms with van der Waals surface area (Å²) in [6.45, 7) is 3.27. The van der Waals surface area contributed by atoms with Crippen LogP contribution in [0.2, 0.25) is 0 Å². The van der Waals surface area contributed by atoms with E-state index >= 15 is 0 Å². The molecule has 0 spiro atoms. The van der Waals surface area contributed by atoms with E-state index in [1.807, 2.05) is 49.4 Å². The van der Waals surface area contributed by atoms with E-state index in [9.17, 15) is 13.5 Å². The van der Waals surface area contributed by atoms with Crippen molar-refractivity contribution in [1.29, 1.82) is 0 Å². The third-order valence-corrected chi connectivity index (χ3v) is 5.13. The van der Waals surface area contributed by atoms with Crippen LogP contribution in [0.5, 0.6) is 0 Å². The zero-order valence-corrected chi connectivity index (χ0v) is 15.5. The Morgan fingerprint density at radius 2 is 1.85 bits per heavy atom. The minimum atomic E-state index is -3.69. The van der Waals surface area contributed by atoms with E-state index < -0.39 is 15.6 Å². The molecule has 0 saturated heterocycles. The maximum absolute atomic E-state index is 12.2. The highest BCUT2D eigenvalue weighted by atomic mass is 32.2. The molecule has 0 radical (unpaired) electrons. The smallest absolute Gasteiger partial charge is 0.233 e. The van der Waals surface area contributed by atoms with Gasteiger partial charge in [0.2, 0.25) is 10.0 Å². The fraction of sp³-hybridized carbons (Fsp3) is 0.200. The van der Waals surface area contributed by atoms with Gasteiger partial charge in [-0.15, -0.1) is 0 Å². The Morgan fingerprint density at radius 1 is 1.15 bits per heavy atom. The van der Waals surface area contributed by atoms with Crippen LogP contribution < -0.4 is 4.72 Å². The zero-order valence-electron chi connectivity index (χ0n) is 14.6. The number of hydrogen-bond acceptors (Lipinski definition) is 4. The lowest BCUT2D eigenvalue weighted by Crippen LogP contribution is -2.37. The maximum Gasteiger partial charge on any atom is 0.233 e. The predicted molar refractivity (Wildman–Crippen MR) is 103 cm³/mol. The average Bonchev–Trinajstić information content (AvgIpc) is 3.05. The standard InChI is InChI=1S/C20H21NO4S/c1-15-7-9-16(10-8-15)11-12-26(23,24)21-14-20(2,22)19-13-17-5-3-4-6-18(17)25-19/h3-13,21-22H,14H2,1-2H3/b12-11+/t20-/m1/s1. The second-order valence-electron chi connectivity index (χ2n) is 6.50. The van der Waals surface area contributed by atoms with Crippen LogP contribution in [0.4, 0.5) is 0 Å². The number of para-hydroxylation sites is 1. The Balaban J connectivity index is 1.70. The first-order chi connectivity index (χ1) is 12.3. The molecule has 1 aromatic heterocycles. The van der Waals surface area contributed by atoms with Gasteiger partial charge in [0, 0.05) is 17.3 Å². The molecule has 0 unspecified atom stereocenters. The van der Waals surface area contributed by atoms with Gasteiger partial charge in [-0.05, 0) is 37.6 Å². The van der Waals surface area contributed by atoms with Crippen molar-refractivity contribution >= 4 is 27.1 Å². The number of sulfonamides is 1. The monoisotopic (exact) mass is 371 g/mol. The summed E-state index contributed by atoms with van der Waals surface area (Å²) in [6.07, 6.45) is 1.51. The summed E-state index contributed by atoms with van der Waals surface area (Å²) < 4.78 is 32.4. The van der Waals surface area contributed by atoms with E-state index in [1.165, 1.54) is 13.0 Å².